The zero-order chi connectivity index (χ0) is 15.8. The van der Waals surface area contributed by atoms with Crippen molar-refractivity contribution in [1.82, 2.24) is 0 Å². The minimum atomic E-state index is -0.921. The number of aromatic carboxylic acids is 1. The highest BCUT2D eigenvalue weighted by atomic mass is 16.5. The number of hydrogen-bond acceptors (Lipinski definition) is 3. The van der Waals surface area contributed by atoms with Crippen molar-refractivity contribution < 1.29 is 14.6 Å². The average molecular weight is 293 g/mol. The molecule has 0 heterocycles. The van der Waals surface area contributed by atoms with Crippen LogP contribution in [-0.2, 0) is 0 Å². The highest BCUT2D eigenvalue weighted by molar-refractivity contribution is 5.89. The summed E-state index contributed by atoms with van der Waals surface area (Å²) < 4.78 is 5.91. The largest absolute Gasteiger partial charge is 0.490 e. The smallest absolute Gasteiger partial charge is 0.335 e. The van der Waals surface area contributed by atoms with Crippen molar-refractivity contribution in [3.63, 3.8) is 0 Å². The van der Waals surface area contributed by atoms with Gasteiger partial charge in [-0.05, 0) is 31.4 Å². The third-order valence-corrected chi connectivity index (χ3v) is 3.64. The molecule has 0 spiro atoms. The molecule has 0 fully saturated rings. The highest BCUT2D eigenvalue weighted by Gasteiger charge is 2.13. The minimum absolute atomic E-state index is 0.128. The molecule has 0 saturated heterocycles. The van der Waals surface area contributed by atoms with Gasteiger partial charge in [0.2, 0.25) is 0 Å². The molecule has 0 unspecified atom stereocenters. The lowest BCUT2D eigenvalue weighted by atomic mass is 10.1. The molecule has 1 rings (SSSR count). The number of carbonyl (C=O) groups is 1. The van der Waals surface area contributed by atoms with Crippen molar-refractivity contribution in [2.24, 2.45) is 0 Å². The molecule has 4 heteroatoms. The number of carboxylic acid groups (broad SMARTS) is 1. The molecule has 0 aliphatic carbocycles. The molecule has 21 heavy (non-hydrogen) atoms. The fourth-order valence-electron chi connectivity index (χ4n) is 2.17. The second-order valence-corrected chi connectivity index (χ2v) is 5.35. The summed E-state index contributed by atoms with van der Waals surface area (Å²) in [6.07, 6.45) is 4.14. The Morgan fingerprint density at radius 1 is 1.24 bits per heavy atom. The molecule has 0 radical (unpaired) electrons. The minimum Gasteiger partial charge on any atom is -0.490 e. The third kappa shape index (κ3) is 5.29. The Morgan fingerprint density at radius 2 is 1.90 bits per heavy atom. The van der Waals surface area contributed by atoms with Crippen molar-refractivity contribution in [2.75, 3.05) is 18.5 Å². The molecule has 1 aromatic rings. The van der Waals surface area contributed by atoms with Crippen LogP contribution in [0.2, 0.25) is 0 Å². The molecule has 0 saturated carbocycles. The van der Waals surface area contributed by atoms with Crippen LogP contribution < -0.4 is 9.64 Å². The summed E-state index contributed by atoms with van der Waals surface area (Å²) in [6.45, 7) is 7.19. The maximum Gasteiger partial charge on any atom is 0.335 e. The van der Waals surface area contributed by atoms with Gasteiger partial charge in [0.05, 0.1) is 11.7 Å². The van der Waals surface area contributed by atoms with E-state index in [2.05, 4.69) is 25.7 Å². The summed E-state index contributed by atoms with van der Waals surface area (Å²) in [6, 6.07) is 5.25. The van der Waals surface area contributed by atoms with Crippen molar-refractivity contribution in [2.45, 2.75) is 52.6 Å². The van der Waals surface area contributed by atoms with E-state index in [1.165, 1.54) is 0 Å². The van der Waals surface area contributed by atoms with E-state index < -0.39 is 5.97 Å². The molecule has 1 aromatic carbocycles. The number of unbranched alkanes of at least 4 members (excludes halogenated alkanes) is 1. The molecule has 4 nitrogen and oxygen atoms in total. The van der Waals surface area contributed by atoms with Crippen molar-refractivity contribution in [1.29, 1.82) is 0 Å². The second kappa shape index (κ2) is 8.55. The van der Waals surface area contributed by atoms with Crippen LogP contribution in [0.15, 0.2) is 18.2 Å². The highest BCUT2D eigenvalue weighted by Crippen LogP contribution is 2.25. The Kier molecular flexibility index (Phi) is 7.06. The first-order valence-electron chi connectivity index (χ1n) is 7.77. The maximum atomic E-state index is 11.3. The summed E-state index contributed by atoms with van der Waals surface area (Å²) in [4.78, 5) is 13.4. The number of rotatable bonds is 9. The van der Waals surface area contributed by atoms with Gasteiger partial charge in [-0.25, -0.2) is 4.79 Å². The molecule has 118 valence electrons. The quantitative estimate of drug-likeness (QED) is 0.741. The fourth-order valence-corrected chi connectivity index (χ4v) is 2.17. The first-order valence-corrected chi connectivity index (χ1v) is 7.77. The topological polar surface area (TPSA) is 49.8 Å². The molecular formula is C17H27NO3. The van der Waals surface area contributed by atoms with Crippen LogP contribution in [0.4, 0.5) is 5.69 Å². The first-order chi connectivity index (χ1) is 10.0. The van der Waals surface area contributed by atoms with Crippen molar-refractivity contribution in [3.05, 3.63) is 23.8 Å². The van der Waals surface area contributed by atoms with Gasteiger partial charge in [-0.1, -0.05) is 27.2 Å². The zero-order valence-electron chi connectivity index (χ0n) is 13.6. The Bertz CT molecular complexity index is 455. The summed E-state index contributed by atoms with van der Waals surface area (Å²) >= 11 is 0. The summed E-state index contributed by atoms with van der Waals surface area (Å²) in [7, 11) is 1.98. The van der Waals surface area contributed by atoms with Gasteiger partial charge in [-0.15, -0.1) is 0 Å². The van der Waals surface area contributed by atoms with E-state index in [1.54, 1.807) is 12.1 Å². The predicted octanol–water partition coefficient (Wildman–Crippen LogP) is 4.19. The van der Waals surface area contributed by atoms with Crippen molar-refractivity contribution >= 4 is 11.7 Å². The molecule has 0 bridgehead atoms. The van der Waals surface area contributed by atoms with Gasteiger partial charge >= 0.3 is 5.97 Å². The van der Waals surface area contributed by atoms with Gasteiger partial charge in [0.15, 0.2) is 0 Å². The first kappa shape index (κ1) is 17.3. The van der Waals surface area contributed by atoms with Crippen LogP contribution in [0.5, 0.6) is 5.75 Å². The lowest BCUT2D eigenvalue weighted by Gasteiger charge is -2.22. The van der Waals surface area contributed by atoms with E-state index >= 15 is 0 Å². The lowest BCUT2D eigenvalue weighted by Crippen LogP contribution is -2.19. The normalized spacial score (nSPS) is 10.7. The van der Waals surface area contributed by atoms with Crippen LogP contribution in [0, 0.1) is 0 Å². The van der Waals surface area contributed by atoms with E-state index in [1.807, 2.05) is 13.1 Å². The van der Waals surface area contributed by atoms with Gasteiger partial charge in [0, 0.05) is 25.3 Å². The molecular weight excluding hydrogens is 266 g/mol. The summed E-state index contributed by atoms with van der Waals surface area (Å²) in [5.74, 6) is -0.280. The molecule has 0 aromatic heterocycles. The second-order valence-electron chi connectivity index (χ2n) is 5.35. The monoisotopic (exact) mass is 293 g/mol. The van der Waals surface area contributed by atoms with Gasteiger partial charge in [0.1, 0.15) is 5.75 Å². The molecule has 0 atom stereocenters. The number of anilines is 1. The van der Waals surface area contributed by atoms with Gasteiger partial charge < -0.3 is 14.7 Å². The van der Waals surface area contributed by atoms with Crippen LogP contribution in [0.25, 0.3) is 0 Å². The van der Waals surface area contributed by atoms with E-state index in [4.69, 9.17) is 4.74 Å². The number of hydrogen-bond donors (Lipinski definition) is 1. The van der Waals surface area contributed by atoms with Crippen molar-refractivity contribution in [3.8, 4) is 5.75 Å². The molecule has 0 amide bonds. The number of nitrogens with zero attached hydrogens (tertiary/aromatic N) is 1. The van der Waals surface area contributed by atoms with E-state index in [0.717, 1.165) is 37.9 Å². The van der Waals surface area contributed by atoms with Gasteiger partial charge in [-0.3, -0.25) is 0 Å². The Morgan fingerprint density at radius 3 is 2.43 bits per heavy atom. The summed E-state index contributed by atoms with van der Waals surface area (Å²) in [5, 5.41) is 9.27. The molecule has 0 aliphatic rings. The van der Waals surface area contributed by atoms with Crippen LogP contribution in [-0.4, -0.2) is 30.8 Å². The maximum absolute atomic E-state index is 11.3. The number of benzene rings is 1. The van der Waals surface area contributed by atoms with E-state index in [0.29, 0.717) is 5.75 Å². The van der Waals surface area contributed by atoms with Gasteiger partial charge in [0.25, 0.3) is 0 Å². The Balaban J connectivity index is 3.02. The van der Waals surface area contributed by atoms with Crippen LogP contribution in [0.3, 0.4) is 0 Å². The van der Waals surface area contributed by atoms with E-state index in [9.17, 15) is 9.90 Å². The SMILES string of the molecule is CCCCN(C)c1cc(OC(CC)CC)cc(C(=O)O)c1. The standard InChI is InChI=1S/C17H27NO3/c1-5-8-9-18(4)14-10-13(17(19)20)11-16(12-14)21-15(6-2)7-3/h10-12,15H,5-9H2,1-4H3,(H,19,20). The molecule has 0 aliphatic heterocycles. The number of carboxylic acids is 1. The van der Waals surface area contributed by atoms with Gasteiger partial charge in [-0.2, -0.15) is 0 Å². The molecule has 1 N–H and O–H groups in total. The predicted molar refractivity (Wildman–Crippen MR) is 86.6 cm³/mol. The zero-order valence-corrected chi connectivity index (χ0v) is 13.6. The van der Waals surface area contributed by atoms with Crippen LogP contribution in [0.1, 0.15) is 56.8 Å². The Hall–Kier alpha value is -1.71. The fraction of sp³-hybridized carbons (Fsp3) is 0.588. The number of ether oxygens (including phenoxy) is 1. The third-order valence-electron chi connectivity index (χ3n) is 3.64. The summed E-state index contributed by atoms with van der Waals surface area (Å²) in [5.41, 5.74) is 1.17. The Labute approximate surface area is 127 Å². The van der Waals surface area contributed by atoms with Crippen LogP contribution >= 0.6 is 0 Å². The average Bonchev–Trinajstić information content (AvgIpc) is 2.49. The van der Waals surface area contributed by atoms with E-state index in [-0.39, 0.29) is 11.7 Å². The lowest BCUT2D eigenvalue weighted by molar-refractivity contribution is 0.0696.